The Morgan fingerprint density at radius 3 is 1.22 bits per heavy atom. The van der Waals surface area contributed by atoms with Crippen LogP contribution in [0.4, 0.5) is 35.9 Å². The average Bonchev–Trinajstić information content (AvgIpc) is 1.75. The number of carbonyl (C=O) groups excluding carboxylic acids is 4. The molecule has 0 radical (unpaired) electrons. The van der Waals surface area contributed by atoms with E-state index in [1.54, 1.807) is 51.1 Å². The number of aromatic hydroxyl groups is 1. The zero-order valence-corrected chi connectivity index (χ0v) is 79.4. The number of phenols is 1. The van der Waals surface area contributed by atoms with E-state index >= 15 is 0 Å². The highest BCUT2D eigenvalue weighted by Crippen LogP contribution is 2.48. The first-order valence-corrected chi connectivity index (χ1v) is 46.8. The van der Waals surface area contributed by atoms with Crippen molar-refractivity contribution in [1.29, 1.82) is 0 Å². The monoisotopic (exact) mass is 1910 g/mol. The van der Waals surface area contributed by atoms with Gasteiger partial charge in [-0.2, -0.15) is 0 Å². The Kier molecular flexibility index (Phi) is 32.8. The fourth-order valence-electron chi connectivity index (χ4n) is 19.8. The molecular formula is C92H121Cl4F6N17O12. The molecule has 4 aromatic carbocycles. The van der Waals surface area contributed by atoms with Crippen molar-refractivity contribution >= 4 is 76.4 Å². The number of benzene rings is 4. The smallest absolute Gasteiger partial charge is 0.410 e. The molecule has 16 rings (SSSR count). The number of fused-ring (bicyclic) bond motifs is 4. The maximum atomic E-state index is 14.1. The number of aromatic nitrogens is 9. The minimum atomic E-state index is -2.76. The Labute approximate surface area is 780 Å². The fraction of sp³-hybridized carbons (Fsp3) is 0.620. The second kappa shape index (κ2) is 43.1. The third-order valence-electron chi connectivity index (χ3n) is 26.5. The minimum absolute atomic E-state index is 0.0427. The topological polar surface area (TPSA) is 299 Å². The van der Waals surface area contributed by atoms with E-state index < -0.39 is 72.6 Å². The quantitative estimate of drug-likeness (QED) is 0.0531. The normalized spacial score (nSPS) is 22.4. The first kappa shape index (κ1) is 99.5. The summed E-state index contributed by atoms with van der Waals surface area (Å²) in [7, 11) is 4.29. The van der Waals surface area contributed by atoms with Gasteiger partial charge < -0.3 is 49.0 Å². The summed E-state index contributed by atoms with van der Waals surface area (Å²) in [5, 5.41) is 49.2. The number of rotatable bonds is 22. The van der Waals surface area contributed by atoms with Crippen molar-refractivity contribution in [1.82, 2.24) is 84.6 Å². The van der Waals surface area contributed by atoms with E-state index in [-0.39, 0.29) is 83.6 Å². The SMILES string of the molecule is CC(C)(C)OC(=O)N1CCc2c(Cl)ccc(O)c2[C@H]1CN1CCCC1=O.CC1CCCN1C[C@@H]1c2c(OCc3nnn(C)c3C(F)F)ccc(Cl)c2CCN1C(=O)OC(C)(C)C.CC1CCCN1C[C@@H]1c2c(OCc3nnn(C)c3C(F)F)ccc(Cl)c2CCN1C(=O)[C@@H]1CCCC[C@@H]1C(=O)O.CC1CCCN1C[C@H]1NCCc2c(Cl)ccc(OCc3nnn(C)c3C(F)F)c21. The molecule has 8 aliphatic heterocycles. The summed E-state index contributed by atoms with van der Waals surface area (Å²) >= 11 is 26.1. The van der Waals surface area contributed by atoms with E-state index in [0.717, 1.165) is 142 Å². The van der Waals surface area contributed by atoms with Crippen LogP contribution in [0.15, 0.2) is 48.5 Å². The summed E-state index contributed by atoms with van der Waals surface area (Å²) in [6, 6.07) is 13.9. The number of aliphatic carboxylic acids is 1. The van der Waals surface area contributed by atoms with Crippen LogP contribution in [0.1, 0.15) is 261 Å². The van der Waals surface area contributed by atoms with Crippen LogP contribution in [0, 0.1) is 11.8 Å². The summed E-state index contributed by atoms with van der Waals surface area (Å²) in [5.41, 5.74) is 5.08. The number of amides is 4. The molecule has 0 spiro atoms. The van der Waals surface area contributed by atoms with E-state index in [0.29, 0.717) is 140 Å². The molecule has 9 aliphatic rings. The molecule has 11 heterocycles. The lowest BCUT2D eigenvalue weighted by molar-refractivity contribution is -0.154. The molecule has 0 bridgehead atoms. The summed E-state index contributed by atoms with van der Waals surface area (Å²) in [6.45, 7) is 25.2. The summed E-state index contributed by atoms with van der Waals surface area (Å²) in [4.78, 5) is 78.5. The van der Waals surface area contributed by atoms with Crippen molar-refractivity contribution in [3.63, 3.8) is 0 Å². The molecule has 4 saturated heterocycles. The molecule has 716 valence electrons. The van der Waals surface area contributed by atoms with E-state index in [9.17, 15) is 60.5 Å². The number of carbonyl (C=O) groups is 5. The molecule has 7 aromatic rings. The van der Waals surface area contributed by atoms with Crippen LogP contribution in [0.3, 0.4) is 0 Å². The van der Waals surface area contributed by atoms with Crippen LogP contribution < -0.4 is 19.5 Å². The zero-order chi connectivity index (χ0) is 94.4. The number of aryl methyl sites for hydroxylation is 3. The number of phenolic OH excluding ortho intramolecular Hbond substituents is 1. The van der Waals surface area contributed by atoms with Gasteiger partial charge in [0.15, 0.2) is 0 Å². The van der Waals surface area contributed by atoms with Gasteiger partial charge in [0.25, 0.3) is 19.3 Å². The van der Waals surface area contributed by atoms with Crippen molar-refractivity contribution in [2.45, 2.75) is 258 Å². The van der Waals surface area contributed by atoms with Gasteiger partial charge in [0.2, 0.25) is 11.8 Å². The molecule has 3 aromatic heterocycles. The third kappa shape index (κ3) is 23.3. The maximum absolute atomic E-state index is 14.1. The van der Waals surface area contributed by atoms with E-state index in [1.165, 1.54) is 34.0 Å². The first-order chi connectivity index (χ1) is 62.2. The average molecular weight is 1910 g/mol. The van der Waals surface area contributed by atoms with Crippen molar-refractivity contribution < 1.29 is 84.2 Å². The first-order valence-electron chi connectivity index (χ1n) is 45.3. The maximum Gasteiger partial charge on any atom is 0.410 e. The van der Waals surface area contributed by atoms with Crippen molar-refractivity contribution in [3.8, 4) is 23.0 Å². The van der Waals surface area contributed by atoms with Gasteiger partial charge in [-0.3, -0.25) is 38.9 Å². The molecule has 4 amide bonds. The summed E-state index contributed by atoms with van der Waals surface area (Å²) in [6.07, 6.45) is 4.10. The lowest BCUT2D eigenvalue weighted by atomic mass is 9.77. The minimum Gasteiger partial charge on any atom is -0.508 e. The van der Waals surface area contributed by atoms with Gasteiger partial charge in [-0.25, -0.2) is 50.0 Å². The third-order valence-corrected chi connectivity index (χ3v) is 27.9. The largest absolute Gasteiger partial charge is 0.508 e. The second-order valence-electron chi connectivity index (χ2n) is 37.3. The number of nitrogens with one attached hydrogen (secondary N) is 1. The number of ether oxygens (including phenoxy) is 5. The molecule has 1 aliphatic carbocycles. The lowest BCUT2D eigenvalue weighted by Crippen LogP contribution is -2.50. The molecule has 3 unspecified atom stereocenters. The number of hydrogen-bond donors (Lipinski definition) is 3. The number of carboxylic acids is 1. The van der Waals surface area contributed by atoms with Gasteiger partial charge >= 0.3 is 18.2 Å². The van der Waals surface area contributed by atoms with Crippen molar-refractivity contribution in [2.75, 3.05) is 78.5 Å². The zero-order valence-electron chi connectivity index (χ0n) is 76.4. The number of carboxylic acid groups (broad SMARTS) is 1. The van der Waals surface area contributed by atoms with Gasteiger partial charge in [0.1, 0.15) is 88.2 Å². The molecule has 39 heteroatoms. The molecule has 1 saturated carbocycles. The van der Waals surface area contributed by atoms with Gasteiger partial charge in [-0.05, 0) is 243 Å². The second-order valence-corrected chi connectivity index (χ2v) is 39.0. The number of nitrogens with zero attached hydrogens (tertiary/aromatic N) is 16. The highest BCUT2D eigenvalue weighted by Gasteiger charge is 2.47. The van der Waals surface area contributed by atoms with Gasteiger partial charge in [0.05, 0.1) is 30.0 Å². The summed E-state index contributed by atoms with van der Waals surface area (Å²) in [5.74, 6) is -0.572. The standard InChI is InChI=1S/C28H36ClF2N5O4.C25H34ClF2N5O3.C20H26ClF2N5O.C19H25ClN2O4/c1-16-6-5-12-35(16)14-22-24-19(11-13-36(22)27(37)17-7-3-4-8-18(17)28(38)39)20(29)9-10-23(24)40-15-21-25(26(30)31)34(2)33-32-21;1-15-7-6-11-32(15)13-19-21-16(10-12-33(19)24(34)36-25(2,3)4)17(26)8-9-20(21)35-14-18-22(23(27)28)31(5)30-29-18;1-12-4-3-9-28(12)10-15-18-13(7-8-24-15)14(21)5-6-17(18)29-11-16-19(20(22)23)27(2)26-25-16;1-19(2,3)26-18(25)22-10-8-12-13(20)6-7-15(23)17(12)14(22)11-21-9-4-5-16(21)24/h9-10,16-18,22,26H,3-8,11-15H2,1-2H3,(H,38,39);8-9,15,19,23H,6-7,10-14H2,1-5H3;5-6,12,15,20,24H,3-4,7-11H2,1-2H3;6-7,14,23H,4-5,8-11H2,1-3H3/t16?,17-,18+,22-;15?,19-;12?,15-;14-/m1111/s1. The molecular weight excluding hydrogens is 1790 g/mol. The number of halogens is 10. The van der Waals surface area contributed by atoms with Gasteiger partial charge in [0, 0.05) is 146 Å². The van der Waals surface area contributed by atoms with Crippen LogP contribution in [0.2, 0.25) is 20.1 Å². The van der Waals surface area contributed by atoms with E-state index in [2.05, 4.69) is 71.7 Å². The Morgan fingerprint density at radius 2 is 0.832 bits per heavy atom. The molecule has 131 heavy (non-hydrogen) atoms. The van der Waals surface area contributed by atoms with E-state index in [1.807, 2.05) is 58.6 Å². The van der Waals surface area contributed by atoms with Gasteiger partial charge in [-0.1, -0.05) is 74.9 Å². The van der Waals surface area contributed by atoms with Crippen LogP contribution in [-0.2, 0) is 90.5 Å². The molecule has 3 N–H and O–H groups in total. The Bertz CT molecular complexity index is 5210. The van der Waals surface area contributed by atoms with Crippen LogP contribution in [0.5, 0.6) is 23.0 Å². The molecule has 9 atom stereocenters. The molecule has 29 nitrogen and oxygen atoms in total. The Hall–Kier alpha value is -8.97. The van der Waals surface area contributed by atoms with Crippen LogP contribution in [0.25, 0.3) is 0 Å². The Morgan fingerprint density at radius 1 is 0.458 bits per heavy atom. The number of hydrogen-bond acceptors (Lipinski definition) is 21. The number of alkyl halides is 6. The molecule has 5 fully saturated rings. The number of likely N-dealkylation sites (tertiary alicyclic amines) is 4. The van der Waals surface area contributed by atoms with Gasteiger partial charge in [-0.15, -0.1) is 15.3 Å². The predicted molar refractivity (Wildman–Crippen MR) is 479 cm³/mol. The van der Waals surface area contributed by atoms with Crippen LogP contribution >= 0.6 is 46.4 Å². The fourth-order valence-corrected chi connectivity index (χ4v) is 20.8. The highest BCUT2D eigenvalue weighted by atomic mass is 35.5. The van der Waals surface area contributed by atoms with E-state index in [4.69, 9.17) is 70.1 Å². The summed E-state index contributed by atoms with van der Waals surface area (Å²) < 4.78 is 114. The van der Waals surface area contributed by atoms with Crippen molar-refractivity contribution in [3.05, 3.63) is 147 Å². The lowest BCUT2D eigenvalue weighted by Gasteiger charge is -2.43. The van der Waals surface area contributed by atoms with Crippen LogP contribution in [-0.4, -0.2) is 227 Å². The van der Waals surface area contributed by atoms with Crippen molar-refractivity contribution in [2.24, 2.45) is 33.0 Å². The highest BCUT2D eigenvalue weighted by molar-refractivity contribution is 6.32. The Balaban J connectivity index is 0.000000151. The predicted octanol–water partition coefficient (Wildman–Crippen LogP) is 17.2.